The molecule has 5 heteroatoms. The number of hydrogen-bond donors (Lipinski definition) is 1. The van der Waals surface area contributed by atoms with Gasteiger partial charge in [-0.25, -0.2) is 14.0 Å². The Morgan fingerprint density at radius 3 is 2.53 bits per heavy atom. The maximum atomic E-state index is 11.1. The largest absolute Gasteiger partial charge is 0.247 e. The second kappa shape index (κ2) is 3.96. The van der Waals surface area contributed by atoms with E-state index in [0.717, 1.165) is 11.4 Å². The Balaban J connectivity index is 2.52. The lowest BCUT2D eigenvalue weighted by atomic mass is 10.3. The van der Waals surface area contributed by atoms with Gasteiger partial charge < -0.3 is 0 Å². The lowest BCUT2D eigenvalue weighted by Crippen LogP contribution is -2.05. The first-order valence-electron chi connectivity index (χ1n) is 4.46. The molecule has 4 nitrogen and oxygen atoms in total. The van der Waals surface area contributed by atoms with Crippen molar-refractivity contribution >= 4 is 11.0 Å². The van der Waals surface area contributed by atoms with Gasteiger partial charge in [0.1, 0.15) is 11.0 Å². The van der Waals surface area contributed by atoms with Crippen LogP contribution < -0.4 is 5.14 Å². The number of nitrogens with zero attached hydrogens (tertiary/aromatic N) is 2. The summed E-state index contributed by atoms with van der Waals surface area (Å²) in [6.07, 6.45) is 1.54. The first-order valence-corrected chi connectivity index (χ1v) is 5.67. The fourth-order valence-corrected chi connectivity index (χ4v) is 1.95. The first-order chi connectivity index (χ1) is 7.20. The summed E-state index contributed by atoms with van der Waals surface area (Å²) in [6, 6.07) is 9.65. The molecule has 2 aromatic rings. The van der Waals surface area contributed by atoms with E-state index in [1.54, 1.807) is 10.9 Å². The zero-order valence-corrected chi connectivity index (χ0v) is 9.07. The highest BCUT2D eigenvalue weighted by molar-refractivity contribution is 7.82. The molecule has 0 aliphatic heterocycles. The summed E-state index contributed by atoms with van der Waals surface area (Å²) >= 11 is 0. The average molecular weight is 221 g/mol. The number of nitrogens with two attached hydrogens (primary N) is 1. The normalized spacial score (nSPS) is 12.7. The van der Waals surface area contributed by atoms with Crippen molar-refractivity contribution in [2.24, 2.45) is 5.14 Å². The fourth-order valence-electron chi connectivity index (χ4n) is 1.42. The second-order valence-electron chi connectivity index (χ2n) is 3.14. The molecular formula is C10H11N3OS. The highest BCUT2D eigenvalue weighted by Crippen LogP contribution is 2.14. The van der Waals surface area contributed by atoms with Crippen molar-refractivity contribution in [1.29, 1.82) is 0 Å². The lowest BCUT2D eigenvalue weighted by Gasteiger charge is -2.03. The van der Waals surface area contributed by atoms with Crippen LogP contribution >= 0.6 is 0 Å². The lowest BCUT2D eigenvalue weighted by molar-refractivity contribution is 0.683. The molecule has 0 bridgehead atoms. The Bertz CT molecular complexity index is 493. The van der Waals surface area contributed by atoms with Crippen LogP contribution in [0, 0.1) is 6.92 Å². The number of benzene rings is 1. The molecule has 2 N–H and O–H groups in total. The topological polar surface area (TPSA) is 60.9 Å². The number of rotatable bonds is 2. The second-order valence-corrected chi connectivity index (χ2v) is 4.17. The number of hydrogen-bond acceptors (Lipinski definition) is 2. The monoisotopic (exact) mass is 221 g/mol. The van der Waals surface area contributed by atoms with Gasteiger partial charge >= 0.3 is 0 Å². The van der Waals surface area contributed by atoms with Crippen LogP contribution in [0.4, 0.5) is 0 Å². The van der Waals surface area contributed by atoms with Gasteiger partial charge in [-0.05, 0) is 19.1 Å². The van der Waals surface area contributed by atoms with Gasteiger partial charge in [0.15, 0.2) is 0 Å². The molecule has 2 rings (SSSR count). The molecule has 1 unspecified atom stereocenters. The van der Waals surface area contributed by atoms with Crippen LogP contribution in [0.5, 0.6) is 0 Å². The highest BCUT2D eigenvalue weighted by atomic mass is 32.2. The molecular weight excluding hydrogens is 210 g/mol. The minimum absolute atomic E-state index is 0.568. The van der Waals surface area contributed by atoms with Gasteiger partial charge in [0.2, 0.25) is 0 Å². The van der Waals surface area contributed by atoms with Crippen LogP contribution in [-0.4, -0.2) is 14.0 Å². The standard InChI is InChI=1S/C10H11N3OS/c1-8-10(15(11)14)7-12-13(8)9-5-3-2-4-6-9/h2-7H,11H2,1H3. The molecule has 1 atom stereocenters. The fraction of sp³-hybridized carbons (Fsp3) is 0.100. The number of para-hydroxylation sites is 1. The van der Waals surface area contributed by atoms with E-state index in [0.29, 0.717) is 4.90 Å². The zero-order chi connectivity index (χ0) is 10.8. The van der Waals surface area contributed by atoms with Crippen molar-refractivity contribution in [3.05, 3.63) is 42.2 Å². The smallest absolute Gasteiger partial charge is 0.125 e. The van der Waals surface area contributed by atoms with Crippen LogP contribution in [0.25, 0.3) is 5.69 Å². The molecule has 1 aromatic carbocycles. The van der Waals surface area contributed by atoms with Crippen molar-refractivity contribution in [1.82, 2.24) is 9.78 Å². The van der Waals surface area contributed by atoms with Gasteiger partial charge in [-0.15, -0.1) is 0 Å². The summed E-state index contributed by atoms with van der Waals surface area (Å²) < 4.78 is 12.9. The van der Waals surface area contributed by atoms with Crippen molar-refractivity contribution in [3.8, 4) is 5.69 Å². The minimum Gasteiger partial charge on any atom is -0.247 e. The minimum atomic E-state index is -1.48. The molecule has 0 spiro atoms. The van der Waals surface area contributed by atoms with E-state index < -0.39 is 11.0 Å². The van der Waals surface area contributed by atoms with Gasteiger partial charge in [0.25, 0.3) is 0 Å². The van der Waals surface area contributed by atoms with E-state index in [1.165, 1.54) is 0 Å². The van der Waals surface area contributed by atoms with E-state index in [4.69, 9.17) is 5.14 Å². The van der Waals surface area contributed by atoms with Crippen molar-refractivity contribution in [3.63, 3.8) is 0 Å². The van der Waals surface area contributed by atoms with Gasteiger partial charge in [-0.2, -0.15) is 5.10 Å². The van der Waals surface area contributed by atoms with Crippen LogP contribution in [0.15, 0.2) is 41.4 Å². The summed E-state index contributed by atoms with van der Waals surface area (Å²) in [6.45, 7) is 1.85. The Labute approximate surface area is 90.3 Å². The molecule has 78 valence electrons. The number of aromatic nitrogens is 2. The predicted octanol–water partition coefficient (Wildman–Crippen LogP) is 1.16. The Morgan fingerprint density at radius 2 is 2.00 bits per heavy atom. The van der Waals surface area contributed by atoms with E-state index in [2.05, 4.69) is 5.10 Å². The zero-order valence-electron chi connectivity index (χ0n) is 8.25. The summed E-state index contributed by atoms with van der Waals surface area (Å²) in [4.78, 5) is 0.568. The van der Waals surface area contributed by atoms with E-state index in [1.807, 2.05) is 37.3 Å². The van der Waals surface area contributed by atoms with Gasteiger partial charge in [0, 0.05) is 0 Å². The Morgan fingerprint density at radius 1 is 1.33 bits per heavy atom. The Kier molecular flexibility index (Phi) is 2.66. The first kappa shape index (κ1) is 10.1. The highest BCUT2D eigenvalue weighted by Gasteiger charge is 2.10. The molecule has 0 fully saturated rings. The van der Waals surface area contributed by atoms with Crippen LogP contribution in [0.1, 0.15) is 5.69 Å². The Hall–Kier alpha value is -1.46. The maximum absolute atomic E-state index is 11.1. The molecule has 0 aliphatic rings. The summed E-state index contributed by atoms with van der Waals surface area (Å²) in [5, 5.41) is 9.48. The van der Waals surface area contributed by atoms with E-state index >= 15 is 0 Å². The quantitative estimate of drug-likeness (QED) is 0.827. The third kappa shape index (κ3) is 1.84. The van der Waals surface area contributed by atoms with E-state index in [-0.39, 0.29) is 0 Å². The molecule has 1 heterocycles. The van der Waals surface area contributed by atoms with Crippen molar-refractivity contribution < 1.29 is 4.21 Å². The van der Waals surface area contributed by atoms with Crippen LogP contribution in [0.2, 0.25) is 0 Å². The molecule has 1 aromatic heterocycles. The predicted molar refractivity (Wildman–Crippen MR) is 58.9 cm³/mol. The third-order valence-corrected chi connectivity index (χ3v) is 3.02. The van der Waals surface area contributed by atoms with E-state index in [9.17, 15) is 4.21 Å². The van der Waals surface area contributed by atoms with Gasteiger partial charge in [0.05, 0.1) is 22.5 Å². The van der Waals surface area contributed by atoms with Gasteiger partial charge in [-0.1, -0.05) is 18.2 Å². The molecule has 0 saturated carbocycles. The SMILES string of the molecule is Cc1c(S(N)=O)cnn1-c1ccccc1. The molecule has 0 radical (unpaired) electrons. The summed E-state index contributed by atoms with van der Waals surface area (Å²) in [7, 11) is -1.48. The molecule has 0 aliphatic carbocycles. The molecule has 0 saturated heterocycles. The summed E-state index contributed by atoms with van der Waals surface area (Å²) in [5.74, 6) is 0. The third-order valence-electron chi connectivity index (χ3n) is 2.18. The van der Waals surface area contributed by atoms with Crippen LogP contribution in [0.3, 0.4) is 0 Å². The van der Waals surface area contributed by atoms with Crippen molar-refractivity contribution in [2.75, 3.05) is 0 Å². The molecule has 0 amide bonds. The summed E-state index contributed by atoms with van der Waals surface area (Å²) in [5.41, 5.74) is 1.74. The maximum Gasteiger partial charge on any atom is 0.125 e. The average Bonchev–Trinajstić information content (AvgIpc) is 2.61. The molecule has 15 heavy (non-hydrogen) atoms. The van der Waals surface area contributed by atoms with Crippen molar-refractivity contribution in [2.45, 2.75) is 11.8 Å². The van der Waals surface area contributed by atoms with Gasteiger partial charge in [-0.3, -0.25) is 0 Å². The van der Waals surface area contributed by atoms with Crippen LogP contribution in [-0.2, 0) is 11.0 Å².